The van der Waals surface area contributed by atoms with Crippen LogP contribution in [0.25, 0.3) is 10.9 Å². The van der Waals surface area contributed by atoms with Crippen LogP contribution in [0.4, 0.5) is 0 Å². The fourth-order valence-electron chi connectivity index (χ4n) is 7.09. The van der Waals surface area contributed by atoms with E-state index in [0.717, 1.165) is 16.6 Å². The molecule has 0 saturated carbocycles. The van der Waals surface area contributed by atoms with E-state index in [9.17, 15) is 24.0 Å². The van der Waals surface area contributed by atoms with Gasteiger partial charge in [-0.2, -0.15) is 0 Å². The number of rotatable bonds is 6. The molecule has 3 atom stereocenters. The number of benzene rings is 3. The summed E-state index contributed by atoms with van der Waals surface area (Å²) in [4.78, 5) is 72.5. The molecule has 1 aromatic heterocycles. The fourth-order valence-corrected chi connectivity index (χ4v) is 7.09. The molecule has 1 fully saturated rings. The van der Waals surface area contributed by atoms with E-state index < -0.39 is 17.9 Å². The minimum absolute atomic E-state index is 0.00669. The maximum absolute atomic E-state index is 14.3. The third-order valence-corrected chi connectivity index (χ3v) is 10.1. The molecule has 12 nitrogen and oxygen atoms in total. The van der Waals surface area contributed by atoms with Gasteiger partial charge in [-0.25, -0.2) is 4.79 Å². The molecule has 0 aliphatic carbocycles. The molecular formula is C40H45N5O7. The first kappa shape index (κ1) is 36.2. The lowest BCUT2D eigenvalue weighted by molar-refractivity contribution is -0.150. The molecule has 0 radical (unpaired) electrons. The number of carbonyl (C=O) groups is 5. The lowest BCUT2D eigenvalue weighted by atomic mass is 10.1. The topological polar surface area (TPSA) is 130 Å². The smallest absolute Gasteiger partial charge is 0.329 e. The zero-order chi connectivity index (χ0) is 36.9. The first-order valence-electron chi connectivity index (χ1n) is 17.6. The van der Waals surface area contributed by atoms with Crippen molar-refractivity contribution < 1.29 is 33.4 Å². The van der Waals surface area contributed by atoms with E-state index in [1.54, 1.807) is 19.0 Å². The van der Waals surface area contributed by atoms with E-state index in [1.807, 2.05) is 97.4 Å². The summed E-state index contributed by atoms with van der Waals surface area (Å²) in [7, 11) is 4.96. The highest BCUT2D eigenvalue weighted by molar-refractivity contribution is 6.09. The van der Waals surface area contributed by atoms with Gasteiger partial charge in [0.05, 0.1) is 24.6 Å². The van der Waals surface area contributed by atoms with Crippen LogP contribution >= 0.6 is 0 Å². The maximum Gasteiger partial charge on any atom is 0.329 e. The minimum atomic E-state index is -1.07. The summed E-state index contributed by atoms with van der Waals surface area (Å²) >= 11 is 0. The van der Waals surface area contributed by atoms with Crippen LogP contribution in [0.15, 0.2) is 78.9 Å². The summed E-state index contributed by atoms with van der Waals surface area (Å²) < 4.78 is 13.9. The summed E-state index contributed by atoms with van der Waals surface area (Å²) in [5.74, 6) is -1.30. The first-order chi connectivity index (χ1) is 25.0. The van der Waals surface area contributed by atoms with Crippen molar-refractivity contribution in [1.29, 1.82) is 0 Å². The number of aryl methyl sites for hydroxylation is 1. The van der Waals surface area contributed by atoms with Crippen LogP contribution in [0.5, 0.6) is 5.75 Å². The molecule has 52 heavy (non-hydrogen) atoms. The van der Waals surface area contributed by atoms with Gasteiger partial charge in [-0.3, -0.25) is 19.2 Å². The molecule has 1 saturated heterocycles. The van der Waals surface area contributed by atoms with Crippen molar-refractivity contribution in [3.63, 3.8) is 0 Å². The zero-order valence-corrected chi connectivity index (χ0v) is 30.0. The second-order valence-electron chi connectivity index (χ2n) is 13.7. The van der Waals surface area contributed by atoms with Gasteiger partial charge in [0, 0.05) is 56.7 Å². The van der Waals surface area contributed by atoms with Crippen molar-refractivity contribution in [2.24, 2.45) is 7.05 Å². The van der Waals surface area contributed by atoms with Crippen LogP contribution in [0.1, 0.15) is 46.4 Å². The van der Waals surface area contributed by atoms with Crippen molar-refractivity contribution in [2.75, 3.05) is 33.8 Å². The lowest BCUT2D eigenvalue weighted by Gasteiger charge is -2.28. The zero-order valence-electron chi connectivity index (χ0n) is 30.0. The van der Waals surface area contributed by atoms with Gasteiger partial charge in [0.25, 0.3) is 5.91 Å². The Bertz CT molecular complexity index is 1960. The normalized spacial score (nSPS) is 20.1. The second-order valence-corrected chi connectivity index (χ2v) is 13.7. The van der Waals surface area contributed by atoms with E-state index in [2.05, 4.69) is 5.32 Å². The Morgan fingerprint density at radius 2 is 1.60 bits per heavy atom. The third-order valence-electron chi connectivity index (χ3n) is 10.1. The summed E-state index contributed by atoms with van der Waals surface area (Å²) in [6.07, 6.45) is 0.582. The number of likely N-dealkylation sites (N-methyl/N-ethyl adjacent to an activating group) is 2. The molecule has 4 aromatic rings. The van der Waals surface area contributed by atoms with E-state index >= 15 is 0 Å². The van der Waals surface area contributed by atoms with E-state index in [0.29, 0.717) is 28.8 Å². The SMILES string of the molecule is Cc1c2c3cc(ccc3n1C)OC[C@@H]1C[C@@H](NC(=O)Cc3ccccc3)CN1C(=O)CN(C)C(=O)CC[C@@H](C(=O)OCc1ccccc1)N(C)C2=O. The summed E-state index contributed by atoms with van der Waals surface area (Å²) in [6.45, 7) is 2.07. The molecule has 2 aliphatic heterocycles. The molecule has 3 heterocycles. The molecule has 272 valence electrons. The van der Waals surface area contributed by atoms with Crippen molar-refractivity contribution in [3.8, 4) is 5.75 Å². The van der Waals surface area contributed by atoms with Crippen LogP contribution in [-0.2, 0) is 44.0 Å². The monoisotopic (exact) mass is 707 g/mol. The van der Waals surface area contributed by atoms with Gasteiger partial charge in [0.2, 0.25) is 17.7 Å². The predicted molar refractivity (Wildman–Crippen MR) is 194 cm³/mol. The van der Waals surface area contributed by atoms with Crippen LogP contribution < -0.4 is 10.1 Å². The molecule has 2 bridgehead atoms. The van der Waals surface area contributed by atoms with Crippen LogP contribution in [0, 0.1) is 6.92 Å². The highest BCUT2D eigenvalue weighted by atomic mass is 16.5. The lowest BCUT2D eigenvalue weighted by Crippen LogP contribution is -2.47. The average molecular weight is 708 g/mol. The first-order valence-corrected chi connectivity index (χ1v) is 17.6. The molecule has 0 spiro atoms. The van der Waals surface area contributed by atoms with Crippen LogP contribution in [0.3, 0.4) is 0 Å². The van der Waals surface area contributed by atoms with Gasteiger partial charge in [0.1, 0.15) is 25.0 Å². The van der Waals surface area contributed by atoms with E-state index in [-0.39, 0.29) is 75.4 Å². The number of nitrogens with one attached hydrogen (secondary N) is 1. The van der Waals surface area contributed by atoms with Gasteiger partial charge in [0.15, 0.2) is 0 Å². The Kier molecular flexibility index (Phi) is 10.9. The van der Waals surface area contributed by atoms with E-state index in [4.69, 9.17) is 9.47 Å². The van der Waals surface area contributed by atoms with Gasteiger partial charge in [-0.1, -0.05) is 60.7 Å². The largest absolute Gasteiger partial charge is 0.491 e. The molecule has 1 N–H and O–H groups in total. The Labute approximate surface area is 303 Å². The number of nitrogens with zero attached hydrogens (tertiary/aromatic N) is 4. The van der Waals surface area contributed by atoms with Gasteiger partial charge < -0.3 is 34.1 Å². The Hall–Kier alpha value is -5.65. The standard InChI is InChI=1S/C40H45N5O7/c1-26-38-32-21-31(15-16-33(32)43(26)3)51-25-30-20-29(41-35(46)19-27-11-7-5-8-12-27)22-45(30)37(48)23-42(2)36(47)18-17-34(44(4)39(38)49)40(50)52-24-28-13-9-6-10-14-28/h5-16,21,29-30,34H,17-20,22-25H2,1-4H3,(H,41,46)/t29-,30+,34+/m1/s1. The molecular weight excluding hydrogens is 662 g/mol. The molecule has 6 rings (SSSR count). The van der Waals surface area contributed by atoms with E-state index in [1.165, 1.54) is 9.80 Å². The summed E-state index contributed by atoms with van der Waals surface area (Å²) in [5.41, 5.74) is 3.60. The van der Waals surface area contributed by atoms with Gasteiger partial charge >= 0.3 is 5.97 Å². The maximum atomic E-state index is 14.3. The quantitative estimate of drug-likeness (QED) is 0.303. The van der Waals surface area contributed by atoms with Crippen molar-refractivity contribution in [2.45, 2.75) is 57.3 Å². The minimum Gasteiger partial charge on any atom is -0.491 e. The Balaban J connectivity index is 1.28. The van der Waals surface area contributed by atoms with Crippen molar-refractivity contribution in [3.05, 3.63) is 101 Å². The van der Waals surface area contributed by atoms with Gasteiger partial charge in [-0.05, 0) is 49.1 Å². The van der Waals surface area contributed by atoms with Gasteiger partial charge in [-0.15, -0.1) is 0 Å². The number of hydrogen-bond acceptors (Lipinski definition) is 7. The Morgan fingerprint density at radius 1 is 0.904 bits per heavy atom. The fraction of sp³-hybridized carbons (Fsp3) is 0.375. The molecule has 4 amide bonds. The molecule has 2 aliphatic rings. The number of fused-ring (bicyclic) bond motifs is 2. The average Bonchev–Trinajstić information content (AvgIpc) is 3.66. The highest BCUT2D eigenvalue weighted by Gasteiger charge is 2.38. The molecule has 0 unspecified atom stereocenters. The van der Waals surface area contributed by atoms with Crippen molar-refractivity contribution in [1.82, 2.24) is 24.6 Å². The van der Waals surface area contributed by atoms with Crippen LogP contribution in [0.2, 0.25) is 0 Å². The number of aromatic nitrogens is 1. The number of esters is 1. The predicted octanol–water partition coefficient (Wildman–Crippen LogP) is 3.63. The van der Waals surface area contributed by atoms with Crippen molar-refractivity contribution >= 4 is 40.5 Å². The molecule has 12 heteroatoms. The number of ether oxygens (including phenoxy) is 2. The number of hydrogen-bond donors (Lipinski definition) is 1. The summed E-state index contributed by atoms with van der Waals surface area (Å²) in [5, 5.41) is 3.73. The number of carbonyl (C=O) groups excluding carboxylic acids is 5. The third kappa shape index (κ3) is 7.96. The number of amides is 4. The second kappa shape index (κ2) is 15.7. The molecule has 3 aromatic carbocycles. The summed E-state index contributed by atoms with van der Waals surface area (Å²) in [6, 6.07) is 22.4. The Morgan fingerprint density at radius 3 is 2.31 bits per heavy atom. The highest BCUT2D eigenvalue weighted by Crippen LogP contribution is 2.31. The van der Waals surface area contributed by atoms with Crippen LogP contribution in [-0.4, -0.2) is 101 Å².